The first-order valence-electron chi connectivity index (χ1n) is 9.34. The molecule has 0 radical (unpaired) electrons. The van der Waals surface area contributed by atoms with Gasteiger partial charge in [0.15, 0.2) is 11.5 Å². The smallest absolute Gasteiger partial charge is 0.224 e. The van der Waals surface area contributed by atoms with Crippen molar-refractivity contribution in [2.75, 3.05) is 41.0 Å². The lowest BCUT2D eigenvalue weighted by Crippen LogP contribution is -2.46. The molecule has 1 N–H and O–H groups in total. The Balaban J connectivity index is 1.73. The van der Waals surface area contributed by atoms with Gasteiger partial charge in [-0.1, -0.05) is 6.07 Å². The molecule has 1 aromatic rings. The van der Waals surface area contributed by atoms with E-state index in [9.17, 15) is 9.59 Å². The molecule has 0 saturated carbocycles. The number of likely N-dealkylation sites (tertiary alicyclic amines) is 1. The van der Waals surface area contributed by atoms with E-state index in [4.69, 9.17) is 14.2 Å². The Hall–Kier alpha value is -2.28. The van der Waals surface area contributed by atoms with Gasteiger partial charge in [-0.05, 0) is 37.0 Å². The second-order valence-electron chi connectivity index (χ2n) is 6.65. The molecule has 0 bridgehead atoms. The quantitative estimate of drug-likeness (QED) is 0.709. The molecule has 27 heavy (non-hydrogen) atoms. The predicted octanol–water partition coefficient (Wildman–Crippen LogP) is 1.78. The van der Waals surface area contributed by atoms with Gasteiger partial charge in [0.1, 0.15) is 0 Å². The van der Waals surface area contributed by atoms with Gasteiger partial charge in [-0.3, -0.25) is 9.59 Å². The van der Waals surface area contributed by atoms with Crippen molar-refractivity contribution in [1.82, 2.24) is 10.2 Å². The van der Waals surface area contributed by atoms with Crippen LogP contribution in [0.25, 0.3) is 0 Å². The molecule has 1 aliphatic heterocycles. The molecule has 7 heteroatoms. The molecule has 1 fully saturated rings. The maximum absolute atomic E-state index is 12.3. The first-order chi connectivity index (χ1) is 13.1. The van der Waals surface area contributed by atoms with Crippen molar-refractivity contribution in [3.05, 3.63) is 23.8 Å². The number of methoxy groups -OCH3 is 3. The lowest BCUT2D eigenvalue weighted by molar-refractivity contribution is -0.133. The maximum atomic E-state index is 12.3. The monoisotopic (exact) mass is 378 g/mol. The van der Waals surface area contributed by atoms with E-state index >= 15 is 0 Å². The molecular weight excluding hydrogens is 348 g/mol. The van der Waals surface area contributed by atoms with E-state index in [2.05, 4.69) is 5.32 Å². The van der Waals surface area contributed by atoms with Crippen molar-refractivity contribution < 1.29 is 23.8 Å². The number of hydrogen-bond donors (Lipinski definition) is 1. The number of carbonyl (C=O) groups excluding carboxylic acids is 2. The normalized spacial score (nSPS) is 14.7. The number of aryl methyl sites for hydroxylation is 1. The van der Waals surface area contributed by atoms with E-state index in [-0.39, 0.29) is 17.9 Å². The summed E-state index contributed by atoms with van der Waals surface area (Å²) in [5.41, 5.74) is 1.03. The van der Waals surface area contributed by atoms with E-state index in [1.807, 2.05) is 23.1 Å². The van der Waals surface area contributed by atoms with Crippen molar-refractivity contribution >= 4 is 11.8 Å². The Kier molecular flexibility index (Phi) is 8.39. The molecule has 1 heterocycles. The number of ether oxygens (including phenoxy) is 3. The van der Waals surface area contributed by atoms with E-state index < -0.39 is 0 Å². The topological polar surface area (TPSA) is 77.1 Å². The molecule has 2 amide bonds. The molecule has 0 aromatic heterocycles. The minimum absolute atomic E-state index is 0.0361. The number of piperidine rings is 1. The molecule has 0 spiro atoms. The molecule has 0 aliphatic carbocycles. The lowest BCUT2D eigenvalue weighted by atomic mass is 10.0. The molecule has 1 saturated heterocycles. The van der Waals surface area contributed by atoms with Gasteiger partial charge in [0.2, 0.25) is 11.8 Å². The Labute approximate surface area is 161 Å². The van der Waals surface area contributed by atoms with Crippen LogP contribution in [0.4, 0.5) is 0 Å². The predicted molar refractivity (Wildman–Crippen MR) is 102 cm³/mol. The van der Waals surface area contributed by atoms with Crippen LogP contribution in [0.3, 0.4) is 0 Å². The zero-order chi connectivity index (χ0) is 19.6. The van der Waals surface area contributed by atoms with E-state index in [1.54, 1.807) is 21.3 Å². The van der Waals surface area contributed by atoms with Crippen LogP contribution in [0, 0.1) is 0 Å². The van der Waals surface area contributed by atoms with E-state index in [0.29, 0.717) is 50.5 Å². The van der Waals surface area contributed by atoms with Crippen LogP contribution in [-0.4, -0.2) is 63.8 Å². The molecule has 0 unspecified atom stereocenters. The molecule has 2 rings (SSSR count). The third kappa shape index (κ3) is 6.43. The van der Waals surface area contributed by atoms with Crippen molar-refractivity contribution in [2.45, 2.75) is 38.1 Å². The summed E-state index contributed by atoms with van der Waals surface area (Å²) >= 11 is 0. The van der Waals surface area contributed by atoms with Gasteiger partial charge in [0.05, 0.1) is 27.2 Å². The Bertz CT molecular complexity index is 627. The highest BCUT2D eigenvalue weighted by Gasteiger charge is 2.23. The number of carbonyl (C=O) groups is 2. The van der Waals surface area contributed by atoms with Crippen LogP contribution < -0.4 is 14.8 Å². The fourth-order valence-corrected chi connectivity index (χ4v) is 3.21. The summed E-state index contributed by atoms with van der Waals surface area (Å²) in [5.74, 6) is 1.50. The average molecular weight is 378 g/mol. The van der Waals surface area contributed by atoms with E-state index in [0.717, 1.165) is 18.4 Å². The Morgan fingerprint density at radius 2 is 1.78 bits per heavy atom. The number of amides is 2. The molecule has 1 aliphatic rings. The van der Waals surface area contributed by atoms with Gasteiger partial charge < -0.3 is 24.4 Å². The summed E-state index contributed by atoms with van der Waals surface area (Å²) in [6.07, 6.45) is 3.06. The van der Waals surface area contributed by atoms with Crippen LogP contribution in [0.15, 0.2) is 18.2 Å². The molecule has 0 atom stereocenters. The number of nitrogens with one attached hydrogen (secondary N) is 1. The molecular formula is C20H30N2O5. The minimum atomic E-state index is 0.0361. The van der Waals surface area contributed by atoms with Gasteiger partial charge in [0.25, 0.3) is 0 Å². The lowest BCUT2D eigenvalue weighted by Gasteiger charge is -2.32. The molecule has 1 aromatic carbocycles. The van der Waals surface area contributed by atoms with Crippen LogP contribution in [0.5, 0.6) is 11.5 Å². The third-order valence-corrected chi connectivity index (χ3v) is 4.82. The zero-order valence-electron chi connectivity index (χ0n) is 16.5. The highest BCUT2D eigenvalue weighted by molar-refractivity contribution is 5.77. The fourth-order valence-electron chi connectivity index (χ4n) is 3.21. The number of benzene rings is 1. The first kappa shape index (κ1) is 21.0. The van der Waals surface area contributed by atoms with Crippen LogP contribution in [0.1, 0.15) is 31.2 Å². The number of rotatable bonds is 9. The summed E-state index contributed by atoms with van der Waals surface area (Å²) in [7, 11) is 4.79. The molecule has 7 nitrogen and oxygen atoms in total. The van der Waals surface area contributed by atoms with E-state index in [1.165, 1.54) is 0 Å². The zero-order valence-corrected chi connectivity index (χ0v) is 16.5. The van der Waals surface area contributed by atoms with Gasteiger partial charge in [-0.15, -0.1) is 0 Å². The summed E-state index contributed by atoms with van der Waals surface area (Å²) < 4.78 is 15.5. The summed E-state index contributed by atoms with van der Waals surface area (Å²) in [5, 5.41) is 3.09. The fraction of sp³-hybridized carbons (Fsp3) is 0.600. The average Bonchev–Trinajstić information content (AvgIpc) is 2.70. The molecule has 150 valence electrons. The first-order valence-corrected chi connectivity index (χ1v) is 9.34. The standard InChI is InChI=1S/C20H30N2O5/c1-25-13-10-20(24)22-11-8-16(9-12-22)21-19(23)7-5-15-4-6-17(26-2)18(14-15)27-3/h4,6,14,16H,5,7-13H2,1-3H3,(H,21,23). The van der Waals surface area contributed by atoms with Crippen molar-refractivity contribution in [2.24, 2.45) is 0 Å². The van der Waals surface area contributed by atoms with Gasteiger partial charge in [-0.25, -0.2) is 0 Å². The highest BCUT2D eigenvalue weighted by atomic mass is 16.5. The van der Waals surface area contributed by atoms with Crippen molar-refractivity contribution in [3.8, 4) is 11.5 Å². The maximum Gasteiger partial charge on any atom is 0.224 e. The Morgan fingerprint density at radius 3 is 2.41 bits per heavy atom. The summed E-state index contributed by atoms with van der Waals surface area (Å²) in [6, 6.07) is 5.83. The van der Waals surface area contributed by atoms with Crippen LogP contribution >= 0.6 is 0 Å². The van der Waals surface area contributed by atoms with Crippen LogP contribution in [0.2, 0.25) is 0 Å². The van der Waals surface area contributed by atoms with Crippen molar-refractivity contribution in [1.29, 1.82) is 0 Å². The largest absolute Gasteiger partial charge is 0.493 e. The minimum Gasteiger partial charge on any atom is -0.493 e. The second kappa shape index (κ2) is 10.8. The van der Waals surface area contributed by atoms with Gasteiger partial charge in [-0.2, -0.15) is 0 Å². The Morgan fingerprint density at radius 1 is 1.07 bits per heavy atom. The summed E-state index contributed by atoms with van der Waals surface area (Å²) in [4.78, 5) is 26.1. The SMILES string of the molecule is COCCC(=O)N1CCC(NC(=O)CCc2ccc(OC)c(OC)c2)CC1. The number of nitrogens with zero attached hydrogens (tertiary/aromatic N) is 1. The summed E-state index contributed by atoms with van der Waals surface area (Å²) in [6.45, 7) is 1.82. The second-order valence-corrected chi connectivity index (χ2v) is 6.65. The van der Waals surface area contributed by atoms with Crippen molar-refractivity contribution in [3.63, 3.8) is 0 Å². The van der Waals surface area contributed by atoms with Crippen LogP contribution in [-0.2, 0) is 20.7 Å². The van der Waals surface area contributed by atoms with Gasteiger partial charge in [0, 0.05) is 32.7 Å². The van der Waals surface area contributed by atoms with Gasteiger partial charge >= 0.3 is 0 Å². The number of hydrogen-bond acceptors (Lipinski definition) is 5. The highest BCUT2D eigenvalue weighted by Crippen LogP contribution is 2.28. The third-order valence-electron chi connectivity index (χ3n) is 4.82.